The molecule has 2 fully saturated rings. The minimum Gasteiger partial charge on any atom is -0.383 e. The summed E-state index contributed by atoms with van der Waals surface area (Å²) in [6, 6.07) is 10.4. The first-order valence-corrected chi connectivity index (χ1v) is 10.5. The normalized spacial score (nSPS) is 27.2. The van der Waals surface area contributed by atoms with E-state index in [1.807, 2.05) is 52.8 Å². The Hall–Kier alpha value is -2.77. The Morgan fingerprint density at radius 1 is 1.10 bits per heavy atom. The molecule has 2 saturated heterocycles. The lowest BCUT2D eigenvalue weighted by Crippen LogP contribution is -2.49. The fourth-order valence-corrected chi connectivity index (χ4v) is 5.54. The van der Waals surface area contributed by atoms with Gasteiger partial charge in [-0.1, -0.05) is 36.4 Å². The van der Waals surface area contributed by atoms with E-state index in [4.69, 9.17) is 4.74 Å². The van der Waals surface area contributed by atoms with Crippen molar-refractivity contribution in [1.82, 2.24) is 4.90 Å². The molecule has 1 aromatic heterocycles. The Bertz CT molecular complexity index is 1020. The number of rotatable bonds is 5. The quantitative estimate of drug-likeness (QED) is 0.562. The monoisotopic (exact) mass is 408 g/mol. The van der Waals surface area contributed by atoms with Crippen molar-refractivity contribution in [2.75, 3.05) is 25.2 Å². The molecule has 4 heterocycles. The van der Waals surface area contributed by atoms with Crippen molar-refractivity contribution in [1.29, 1.82) is 0 Å². The number of hydrogen-bond acceptors (Lipinski definition) is 6. The first-order valence-electron chi connectivity index (χ1n) is 9.61. The largest absolute Gasteiger partial charge is 0.383 e. The number of anilines is 1. The van der Waals surface area contributed by atoms with Crippen LogP contribution < -0.4 is 4.90 Å². The van der Waals surface area contributed by atoms with Crippen LogP contribution in [0.3, 0.4) is 0 Å². The zero-order valence-electron chi connectivity index (χ0n) is 15.9. The number of ether oxygens (including phenoxy) is 1. The van der Waals surface area contributed by atoms with Gasteiger partial charge in [-0.3, -0.25) is 19.3 Å². The molecule has 0 aliphatic carbocycles. The van der Waals surface area contributed by atoms with Crippen molar-refractivity contribution >= 4 is 40.7 Å². The number of carbonyl (C=O) groups excluding carboxylic acids is 3. The Kier molecular flexibility index (Phi) is 4.37. The third kappa shape index (κ3) is 2.61. The summed E-state index contributed by atoms with van der Waals surface area (Å²) in [7, 11) is 1.54. The minimum absolute atomic E-state index is 0.0997. The maximum Gasteiger partial charge on any atom is 0.235 e. The molecule has 3 aliphatic heterocycles. The van der Waals surface area contributed by atoms with Crippen LogP contribution >= 0.6 is 11.3 Å². The van der Waals surface area contributed by atoms with Gasteiger partial charge in [0.15, 0.2) is 5.78 Å². The number of thiophene rings is 1. The van der Waals surface area contributed by atoms with Crippen molar-refractivity contribution in [3.63, 3.8) is 0 Å². The van der Waals surface area contributed by atoms with Crippen LogP contribution in [-0.4, -0.2) is 54.8 Å². The molecule has 0 bridgehead atoms. The van der Waals surface area contributed by atoms with E-state index in [0.717, 1.165) is 11.3 Å². The summed E-state index contributed by atoms with van der Waals surface area (Å²) in [5.74, 6) is -1.82. The van der Waals surface area contributed by atoms with Crippen molar-refractivity contribution in [3.05, 3.63) is 58.3 Å². The molecule has 7 heteroatoms. The average molecular weight is 408 g/mol. The number of nitrogens with zero attached hydrogens (tertiary/aromatic N) is 2. The number of methoxy groups -OCH3 is 1. The predicted molar refractivity (Wildman–Crippen MR) is 110 cm³/mol. The lowest BCUT2D eigenvalue weighted by atomic mass is 9.87. The number of Topliss-reactive ketones (excluding diaryl/α,β-unsaturated/α-hetero) is 1. The molecule has 5 rings (SSSR count). The van der Waals surface area contributed by atoms with Gasteiger partial charge in [-0.2, -0.15) is 0 Å². The summed E-state index contributed by atoms with van der Waals surface area (Å²) in [5.41, 5.74) is 1.89. The van der Waals surface area contributed by atoms with Crippen molar-refractivity contribution in [2.45, 2.75) is 12.1 Å². The first-order chi connectivity index (χ1) is 14.1. The minimum atomic E-state index is -0.696. The van der Waals surface area contributed by atoms with E-state index in [1.54, 1.807) is 6.07 Å². The summed E-state index contributed by atoms with van der Waals surface area (Å²) in [5, 5.41) is 1.85. The fraction of sp³-hybridized carbons (Fsp3) is 0.318. The zero-order chi connectivity index (χ0) is 20.1. The highest BCUT2D eigenvalue weighted by molar-refractivity contribution is 7.12. The Morgan fingerprint density at radius 3 is 2.66 bits per heavy atom. The summed E-state index contributed by atoms with van der Waals surface area (Å²) in [4.78, 5) is 43.9. The molecule has 148 valence electrons. The van der Waals surface area contributed by atoms with E-state index in [0.29, 0.717) is 4.88 Å². The van der Waals surface area contributed by atoms with E-state index in [1.165, 1.54) is 23.3 Å². The Morgan fingerprint density at radius 2 is 1.90 bits per heavy atom. The molecule has 1 aromatic carbocycles. The molecular weight excluding hydrogens is 388 g/mol. The Balaban J connectivity index is 1.62. The second kappa shape index (κ2) is 6.93. The van der Waals surface area contributed by atoms with Crippen molar-refractivity contribution in [2.24, 2.45) is 11.8 Å². The van der Waals surface area contributed by atoms with E-state index in [2.05, 4.69) is 0 Å². The van der Waals surface area contributed by atoms with Crippen LogP contribution in [0.25, 0.3) is 6.08 Å². The number of likely N-dealkylation sites (tertiary alicyclic amines) is 1. The average Bonchev–Trinajstić information content (AvgIpc) is 3.44. The molecule has 29 heavy (non-hydrogen) atoms. The SMILES string of the molecule is COCCN1C(=O)[C@@H]2[C@H](C1=O)[C@H]1C=Cc3ccccc3N1[C@H]2C(=O)c1cccs1. The maximum atomic E-state index is 13.5. The molecular formula is C22H20N2O4S. The maximum absolute atomic E-state index is 13.5. The molecule has 4 atom stereocenters. The molecule has 2 amide bonds. The van der Waals surface area contributed by atoms with Gasteiger partial charge in [0.2, 0.25) is 11.8 Å². The summed E-state index contributed by atoms with van der Waals surface area (Å²) < 4.78 is 5.07. The smallest absolute Gasteiger partial charge is 0.235 e. The molecule has 0 radical (unpaired) electrons. The second-order valence-corrected chi connectivity index (χ2v) is 8.42. The van der Waals surface area contributed by atoms with E-state index >= 15 is 0 Å². The van der Waals surface area contributed by atoms with Gasteiger partial charge < -0.3 is 9.64 Å². The molecule has 3 aliphatic rings. The van der Waals surface area contributed by atoms with Crippen LogP contribution in [0.15, 0.2) is 47.9 Å². The van der Waals surface area contributed by atoms with Gasteiger partial charge >= 0.3 is 0 Å². The van der Waals surface area contributed by atoms with Gasteiger partial charge in [0.25, 0.3) is 0 Å². The highest BCUT2D eigenvalue weighted by atomic mass is 32.1. The highest BCUT2D eigenvalue weighted by Gasteiger charge is 2.63. The van der Waals surface area contributed by atoms with Crippen LogP contribution in [0.5, 0.6) is 0 Å². The van der Waals surface area contributed by atoms with Crippen LogP contribution in [-0.2, 0) is 14.3 Å². The molecule has 0 saturated carbocycles. The summed E-state index contributed by atoms with van der Waals surface area (Å²) >= 11 is 1.37. The summed E-state index contributed by atoms with van der Waals surface area (Å²) in [6.07, 6.45) is 3.95. The van der Waals surface area contributed by atoms with E-state index in [9.17, 15) is 14.4 Å². The molecule has 0 spiro atoms. The van der Waals surface area contributed by atoms with Crippen molar-refractivity contribution in [3.8, 4) is 0 Å². The van der Waals surface area contributed by atoms with Gasteiger partial charge in [0.05, 0.1) is 35.9 Å². The highest BCUT2D eigenvalue weighted by Crippen LogP contribution is 2.49. The lowest BCUT2D eigenvalue weighted by molar-refractivity contribution is -0.141. The molecule has 6 nitrogen and oxygen atoms in total. The zero-order valence-corrected chi connectivity index (χ0v) is 16.7. The van der Waals surface area contributed by atoms with Crippen LogP contribution in [0.2, 0.25) is 0 Å². The van der Waals surface area contributed by atoms with Crippen LogP contribution in [0, 0.1) is 11.8 Å². The number of hydrogen-bond donors (Lipinski definition) is 0. The number of fused-ring (bicyclic) bond motifs is 5. The fourth-order valence-electron chi connectivity index (χ4n) is 4.84. The van der Waals surface area contributed by atoms with Gasteiger partial charge in [-0.05, 0) is 23.1 Å². The molecule has 0 unspecified atom stereocenters. The number of imide groups is 1. The van der Waals surface area contributed by atoms with Gasteiger partial charge in [0, 0.05) is 12.8 Å². The standard InChI is InChI=1S/C22H20N2O4S/c1-28-11-10-23-21(26)17-15-9-8-13-5-2-3-6-14(13)24(15)19(18(17)22(23)27)20(25)16-7-4-12-29-16/h2-9,12,15,17-19H,10-11H2,1H3/t15-,17-,18-,19-/m1/s1. The predicted octanol–water partition coefficient (Wildman–Crippen LogP) is 2.46. The number of amides is 2. The molecule has 2 aromatic rings. The van der Waals surface area contributed by atoms with E-state index < -0.39 is 17.9 Å². The number of carbonyl (C=O) groups is 3. The number of benzene rings is 1. The van der Waals surface area contributed by atoms with Gasteiger partial charge in [-0.25, -0.2) is 0 Å². The van der Waals surface area contributed by atoms with E-state index in [-0.39, 0.29) is 36.8 Å². The number of para-hydroxylation sites is 1. The van der Waals surface area contributed by atoms with Gasteiger partial charge in [-0.15, -0.1) is 11.3 Å². The van der Waals surface area contributed by atoms with Gasteiger partial charge in [0.1, 0.15) is 6.04 Å². The van der Waals surface area contributed by atoms with Crippen LogP contribution in [0.1, 0.15) is 15.2 Å². The second-order valence-electron chi connectivity index (χ2n) is 7.47. The molecule has 0 N–H and O–H groups in total. The first kappa shape index (κ1) is 18.3. The number of ketones is 1. The third-order valence-corrected chi connectivity index (χ3v) is 6.94. The van der Waals surface area contributed by atoms with Crippen LogP contribution in [0.4, 0.5) is 5.69 Å². The summed E-state index contributed by atoms with van der Waals surface area (Å²) in [6.45, 7) is 0.502. The topological polar surface area (TPSA) is 66.9 Å². The Labute approximate surface area is 172 Å². The van der Waals surface area contributed by atoms with Crippen molar-refractivity contribution < 1.29 is 19.1 Å². The lowest BCUT2D eigenvalue weighted by Gasteiger charge is -2.36. The third-order valence-electron chi connectivity index (χ3n) is 6.06.